The average molecular weight is 381 g/mol. The standard InChI is InChI=1S/C18H15Cl2FN2O2/c1-23(18(25)9-6-12-4-2-3-5-16(12)21)11-17(24)22-13-7-8-14(19)15(20)10-13/h2-10H,11H2,1H3,(H,22,24)/b9-6+. The Balaban J connectivity index is 1.92. The second-order valence-electron chi connectivity index (χ2n) is 5.23. The first-order chi connectivity index (χ1) is 11.9. The Hall–Kier alpha value is -2.37. The summed E-state index contributed by atoms with van der Waals surface area (Å²) >= 11 is 11.7. The first-order valence-corrected chi connectivity index (χ1v) is 8.05. The van der Waals surface area contributed by atoms with Gasteiger partial charge in [0.1, 0.15) is 5.82 Å². The van der Waals surface area contributed by atoms with Crippen LogP contribution in [0.25, 0.3) is 6.08 Å². The monoisotopic (exact) mass is 380 g/mol. The summed E-state index contributed by atoms with van der Waals surface area (Å²) in [7, 11) is 1.47. The van der Waals surface area contributed by atoms with Crippen LogP contribution >= 0.6 is 23.2 Å². The second kappa shape index (κ2) is 8.65. The van der Waals surface area contributed by atoms with Gasteiger partial charge in [-0.15, -0.1) is 0 Å². The first kappa shape index (κ1) is 19.0. The first-order valence-electron chi connectivity index (χ1n) is 7.29. The molecule has 0 aliphatic rings. The Bertz CT molecular complexity index is 824. The van der Waals surface area contributed by atoms with Crippen LogP contribution in [0.1, 0.15) is 5.56 Å². The van der Waals surface area contributed by atoms with E-state index in [9.17, 15) is 14.0 Å². The van der Waals surface area contributed by atoms with E-state index in [2.05, 4.69) is 5.32 Å². The van der Waals surface area contributed by atoms with E-state index in [1.54, 1.807) is 30.3 Å². The van der Waals surface area contributed by atoms with E-state index in [0.29, 0.717) is 21.3 Å². The van der Waals surface area contributed by atoms with Crippen molar-refractivity contribution in [3.63, 3.8) is 0 Å². The number of carbonyl (C=O) groups excluding carboxylic acids is 2. The third-order valence-corrected chi connectivity index (χ3v) is 4.01. The van der Waals surface area contributed by atoms with Crippen molar-refractivity contribution in [3.8, 4) is 0 Å². The van der Waals surface area contributed by atoms with Crippen LogP contribution in [0.4, 0.5) is 10.1 Å². The van der Waals surface area contributed by atoms with Crippen LogP contribution in [0.2, 0.25) is 10.0 Å². The topological polar surface area (TPSA) is 49.4 Å². The molecule has 0 spiro atoms. The molecular formula is C18H15Cl2FN2O2. The van der Waals surface area contributed by atoms with Gasteiger partial charge in [0.05, 0.1) is 16.6 Å². The highest BCUT2D eigenvalue weighted by molar-refractivity contribution is 6.42. The van der Waals surface area contributed by atoms with Crippen molar-refractivity contribution in [3.05, 3.63) is 70.0 Å². The average Bonchev–Trinajstić information content (AvgIpc) is 2.57. The number of carbonyl (C=O) groups is 2. The number of halogens is 3. The third-order valence-electron chi connectivity index (χ3n) is 3.27. The van der Waals surface area contributed by atoms with Crippen molar-refractivity contribution in [2.45, 2.75) is 0 Å². The Morgan fingerprint density at radius 1 is 1.16 bits per heavy atom. The number of benzene rings is 2. The van der Waals surface area contributed by atoms with E-state index in [4.69, 9.17) is 23.2 Å². The summed E-state index contributed by atoms with van der Waals surface area (Å²) in [6.07, 6.45) is 2.58. The molecule has 0 heterocycles. The zero-order valence-electron chi connectivity index (χ0n) is 13.3. The summed E-state index contributed by atoms with van der Waals surface area (Å²) in [4.78, 5) is 25.2. The minimum Gasteiger partial charge on any atom is -0.333 e. The van der Waals surface area contributed by atoms with E-state index >= 15 is 0 Å². The minimum absolute atomic E-state index is 0.166. The van der Waals surface area contributed by atoms with E-state index < -0.39 is 17.6 Å². The van der Waals surface area contributed by atoms with Gasteiger partial charge in [-0.2, -0.15) is 0 Å². The molecule has 0 aliphatic heterocycles. The predicted molar refractivity (Wildman–Crippen MR) is 98.2 cm³/mol. The van der Waals surface area contributed by atoms with Gasteiger partial charge in [0.15, 0.2) is 0 Å². The number of amides is 2. The maximum atomic E-state index is 13.5. The summed E-state index contributed by atoms with van der Waals surface area (Å²) in [5.74, 6) is -1.24. The summed E-state index contributed by atoms with van der Waals surface area (Å²) in [6.45, 7) is -0.166. The lowest BCUT2D eigenvalue weighted by molar-refractivity contribution is -0.129. The molecule has 2 aromatic rings. The Labute approximate surface area is 154 Å². The summed E-state index contributed by atoms with van der Waals surface area (Å²) in [5.41, 5.74) is 0.770. The molecule has 0 unspecified atom stereocenters. The van der Waals surface area contributed by atoms with E-state index in [0.717, 1.165) is 0 Å². The summed E-state index contributed by atoms with van der Waals surface area (Å²) < 4.78 is 13.5. The molecule has 0 saturated carbocycles. The smallest absolute Gasteiger partial charge is 0.246 e. The molecule has 0 bridgehead atoms. The van der Waals surface area contributed by atoms with E-state index in [1.165, 1.54) is 36.2 Å². The van der Waals surface area contributed by atoms with Crippen LogP contribution in [0.3, 0.4) is 0 Å². The molecule has 0 fully saturated rings. The van der Waals surface area contributed by atoms with Crippen molar-refractivity contribution in [2.75, 3.05) is 18.9 Å². The predicted octanol–water partition coefficient (Wildman–Crippen LogP) is 4.24. The minimum atomic E-state index is -0.424. The normalized spacial score (nSPS) is 10.7. The lowest BCUT2D eigenvalue weighted by Gasteiger charge is -2.15. The van der Waals surface area contributed by atoms with Crippen molar-refractivity contribution in [1.82, 2.24) is 4.90 Å². The van der Waals surface area contributed by atoms with Crippen LogP contribution in [-0.4, -0.2) is 30.3 Å². The van der Waals surface area contributed by atoms with Crippen LogP contribution in [0.5, 0.6) is 0 Å². The van der Waals surface area contributed by atoms with Crippen molar-refractivity contribution < 1.29 is 14.0 Å². The largest absolute Gasteiger partial charge is 0.333 e. The molecule has 4 nitrogen and oxygen atoms in total. The molecule has 0 radical (unpaired) electrons. The third kappa shape index (κ3) is 5.59. The molecule has 1 N–H and O–H groups in total. The molecule has 25 heavy (non-hydrogen) atoms. The fourth-order valence-electron chi connectivity index (χ4n) is 1.97. The Kier molecular flexibility index (Phi) is 6.56. The van der Waals surface area contributed by atoms with Gasteiger partial charge in [0.2, 0.25) is 11.8 Å². The number of nitrogens with zero attached hydrogens (tertiary/aromatic N) is 1. The van der Waals surface area contributed by atoms with Crippen molar-refractivity contribution >= 4 is 46.8 Å². The fraction of sp³-hybridized carbons (Fsp3) is 0.111. The molecule has 2 aromatic carbocycles. The van der Waals surface area contributed by atoms with Gasteiger partial charge < -0.3 is 10.2 Å². The van der Waals surface area contributed by atoms with Crippen LogP contribution < -0.4 is 5.32 Å². The van der Waals surface area contributed by atoms with E-state index in [1.807, 2.05) is 0 Å². The summed E-state index contributed by atoms with van der Waals surface area (Å²) in [5, 5.41) is 3.31. The van der Waals surface area contributed by atoms with Gasteiger partial charge in [0, 0.05) is 24.4 Å². The maximum Gasteiger partial charge on any atom is 0.246 e. The maximum absolute atomic E-state index is 13.5. The van der Waals surface area contributed by atoms with Crippen molar-refractivity contribution in [1.29, 1.82) is 0 Å². The SMILES string of the molecule is CN(CC(=O)Nc1ccc(Cl)c(Cl)c1)C(=O)/C=C/c1ccccc1F. The molecule has 2 amide bonds. The van der Waals surface area contributed by atoms with Gasteiger partial charge in [-0.3, -0.25) is 9.59 Å². The molecule has 130 valence electrons. The lowest BCUT2D eigenvalue weighted by Crippen LogP contribution is -2.33. The molecule has 0 aromatic heterocycles. The van der Waals surface area contributed by atoms with E-state index in [-0.39, 0.29) is 6.54 Å². The van der Waals surface area contributed by atoms with Gasteiger partial charge >= 0.3 is 0 Å². The lowest BCUT2D eigenvalue weighted by atomic mass is 10.2. The number of hydrogen-bond donors (Lipinski definition) is 1. The number of rotatable bonds is 5. The van der Waals surface area contributed by atoms with Crippen LogP contribution in [0, 0.1) is 5.82 Å². The van der Waals surface area contributed by atoms with Gasteiger partial charge in [-0.1, -0.05) is 41.4 Å². The molecule has 0 aliphatic carbocycles. The quantitative estimate of drug-likeness (QED) is 0.788. The van der Waals surface area contributed by atoms with Crippen LogP contribution in [-0.2, 0) is 9.59 Å². The summed E-state index contributed by atoms with van der Waals surface area (Å²) in [6, 6.07) is 10.8. The molecular weight excluding hydrogens is 366 g/mol. The number of anilines is 1. The highest BCUT2D eigenvalue weighted by atomic mass is 35.5. The number of hydrogen-bond acceptors (Lipinski definition) is 2. The highest BCUT2D eigenvalue weighted by Crippen LogP contribution is 2.24. The zero-order chi connectivity index (χ0) is 18.4. The molecule has 7 heteroatoms. The van der Waals surface area contributed by atoms with Gasteiger partial charge in [0.25, 0.3) is 0 Å². The molecule has 2 rings (SSSR count). The fourth-order valence-corrected chi connectivity index (χ4v) is 2.26. The number of nitrogens with one attached hydrogen (secondary N) is 1. The van der Waals surface area contributed by atoms with Crippen LogP contribution in [0.15, 0.2) is 48.5 Å². The Morgan fingerprint density at radius 2 is 1.88 bits per heavy atom. The Morgan fingerprint density at radius 3 is 2.56 bits per heavy atom. The van der Waals surface area contributed by atoms with Crippen molar-refractivity contribution in [2.24, 2.45) is 0 Å². The molecule has 0 atom stereocenters. The molecule has 0 saturated heterocycles. The highest BCUT2D eigenvalue weighted by Gasteiger charge is 2.11. The van der Waals surface area contributed by atoms with Gasteiger partial charge in [-0.25, -0.2) is 4.39 Å². The number of likely N-dealkylation sites (N-methyl/N-ethyl adjacent to an activating group) is 1. The van der Waals surface area contributed by atoms with Gasteiger partial charge in [-0.05, 0) is 30.3 Å². The second-order valence-corrected chi connectivity index (χ2v) is 6.04. The zero-order valence-corrected chi connectivity index (χ0v) is 14.8.